The minimum atomic E-state index is -1.02. The van der Waals surface area contributed by atoms with Crippen molar-refractivity contribution in [2.75, 3.05) is 26.3 Å². The van der Waals surface area contributed by atoms with E-state index < -0.39 is 12.1 Å². The Morgan fingerprint density at radius 2 is 1.82 bits per heavy atom. The van der Waals surface area contributed by atoms with Gasteiger partial charge < -0.3 is 18.8 Å². The average molecular weight is 379 g/mol. The van der Waals surface area contributed by atoms with Crippen LogP contribution in [0.15, 0.2) is 54.7 Å². The Morgan fingerprint density at radius 1 is 1.07 bits per heavy atom. The number of pyridine rings is 1. The Morgan fingerprint density at radius 3 is 2.54 bits per heavy atom. The van der Waals surface area contributed by atoms with Gasteiger partial charge in [0.05, 0.1) is 13.2 Å². The number of amides is 1. The fourth-order valence-corrected chi connectivity index (χ4v) is 3.25. The Bertz CT molecular complexity index is 993. The van der Waals surface area contributed by atoms with Gasteiger partial charge in [-0.2, -0.15) is 0 Å². The number of aryl methyl sites for hydroxylation is 1. The van der Waals surface area contributed by atoms with Crippen LogP contribution in [0.5, 0.6) is 0 Å². The average Bonchev–Trinajstić information content (AvgIpc) is 3.19. The molecule has 0 bridgehead atoms. The molecule has 1 saturated heterocycles. The molecular formula is C21H21N3O4. The number of nitrogens with zero attached hydrogens (tertiary/aromatic N) is 3. The number of rotatable bonds is 4. The monoisotopic (exact) mass is 379 g/mol. The van der Waals surface area contributed by atoms with Crippen LogP contribution in [0.1, 0.15) is 27.8 Å². The summed E-state index contributed by atoms with van der Waals surface area (Å²) in [6, 6.07) is 14.7. The first-order valence-corrected chi connectivity index (χ1v) is 9.20. The van der Waals surface area contributed by atoms with Crippen molar-refractivity contribution >= 4 is 17.5 Å². The zero-order valence-corrected chi connectivity index (χ0v) is 15.6. The molecular weight excluding hydrogens is 358 g/mol. The van der Waals surface area contributed by atoms with Crippen molar-refractivity contribution in [1.82, 2.24) is 14.3 Å². The highest BCUT2D eigenvalue weighted by atomic mass is 16.5. The maximum absolute atomic E-state index is 13.1. The van der Waals surface area contributed by atoms with E-state index >= 15 is 0 Å². The van der Waals surface area contributed by atoms with Crippen molar-refractivity contribution in [3.05, 3.63) is 71.7 Å². The van der Waals surface area contributed by atoms with E-state index in [2.05, 4.69) is 4.98 Å². The Balaban J connectivity index is 1.61. The van der Waals surface area contributed by atoms with Crippen LogP contribution in [0.4, 0.5) is 0 Å². The summed E-state index contributed by atoms with van der Waals surface area (Å²) >= 11 is 0. The highest BCUT2D eigenvalue weighted by Crippen LogP contribution is 2.23. The van der Waals surface area contributed by atoms with Gasteiger partial charge in [0, 0.05) is 30.5 Å². The number of carbonyl (C=O) groups excluding carboxylic acids is 2. The Labute approximate surface area is 162 Å². The second-order valence-electron chi connectivity index (χ2n) is 6.66. The summed E-state index contributed by atoms with van der Waals surface area (Å²) < 4.78 is 12.8. The summed E-state index contributed by atoms with van der Waals surface area (Å²) in [6.07, 6.45) is 0.617. The van der Waals surface area contributed by atoms with Crippen LogP contribution in [-0.4, -0.2) is 52.5 Å². The second-order valence-corrected chi connectivity index (χ2v) is 6.66. The van der Waals surface area contributed by atoms with Crippen molar-refractivity contribution in [1.29, 1.82) is 0 Å². The van der Waals surface area contributed by atoms with Crippen LogP contribution in [0.2, 0.25) is 0 Å². The fraction of sp³-hybridized carbons (Fsp3) is 0.286. The molecule has 3 heterocycles. The third kappa shape index (κ3) is 3.61. The van der Waals surface area contributed by atoms with E-state index in [1.165, 1.54) is 0 Å². The minimum absolute atomic E-state index is 0.171. The highest BCUT2D eigenvalue weighted by Gasteiger charge is 2.31. The highest BCUT2D eigenvalue weighted by molar-refractivity contribution is 5.91. The molecule has 0 aliphatic carbocycles. The van der Waals surface area contributed by atoms with Crippen LogP contribution >= 0.6 is 0 Å². The first-order valence-electron chi connectivity index (χ1n) is 9.20. The topological polar surface area (TPSA) is 73.1 Å². The molecule has 1 aromatic carbocycles. The number of aromatic nitrogens is 2. The molecule has 7 heteroatoms. The van der Waals surface area contributed by atoms with E-state index in [1.54, 1.807) is 23.2 Å². The molecule has 1 atom stereocenters. The summed E-state index contributed by atoms with van der Waals surface area (Å²) in [4.78, 5) is 31.9. The van der Waals surface area contributed by atoms with E-state index in [4.69, 9.17) is 9.47 Å². The number of morpholine rings is 1. The molecule has 4 rings (SSSR count). The molecule has 7 nitrogen and oxygen atoms in total. The van der Waals surface area contributed by atoms with Gasteiger partial charge in [-0.1, -0.05) is 36.4 Å². The third-order valence-corrected chi connectivity index (χ3v) is 4.78. The zero-order chi connectivity index (χ0) is 19.5. The molecule has 0 N–H and O–H groups in total. The summed E-state index contributed by atoms with van der Waals surface area (Å²) in [5.74, 6) is -0.874. The predicted octanol–water partition coefficient (Wildman–Crippen LogP) is 2.40. The standard InChI is InChI=1S/C21H21N3O4/c1-15-6-5-9-18-22-17(14-24(15)18)21(26)28-19(16-7-3-2-4-8-16)20(25)23-10-12-27-13-11-23/h2-9,14,19H,10-13H2,1H3/t19-/m0/s1. The molecule has 2 aromatic heterocycles. The molecule has 1 amide bonds. The van der Waals surface area contributed by atoms with Gasteiger partial charge in [0.2, 0.25) is 6.10 Å². The van der Waals surface area contributed by atoms with Gasteiger partial charge in [-0.3, -0.25) is 4.79 Å². The van der Waals surface area contributed by atoms with Gasteiger partial charge in [-0.05, 0) is 19.1 Å². The number of esters is 1. The van der Waals surface area contributed by atoms with Gasteiger partial charge in [0.1, 0.15) is 5.65 Å². The molecule has 144 valence electrons. The molecule has 1 aliphatic rings. The third-order valence-electron chi connectivity index (χ3n) is 4.78. The van der Waals surface area contributed by atoms with E-state index in [0.29, 0.717) is 37.5 Å². The molecule has 0 unspecified atom stereocenters. The lowest BCUT2D eigenvalue weighted by Gasteiger charge is -2.30. The van der Waals surface area contributed by atoms with Crippen molar-refractivity contribution in [3.63, 3.8) is 0 Å². The minimum Gasteiger partial charge on any atom is -0.443 e. The fourth-order valence-electron chi connectivity index (χ4n) is 3.25. The maximum atomic E-state index is 13.1. The Hall–Kier alpha value is -3.19. The van der Waals surface area contributed by atoms with Gasteiger partial charge in [-0.25, -0.2) is 9.78 Å². The first-order chi connectivity index (χ1) is 13.6. The molecule has 0 saturated carbocycles. The predicted molar refractivity (Wildman–Crippen MR) is 102 cm³/mol. The van der Waals surface area contributed by atoms with Gasteiger partial charge in [0.15, 0.2) is 5.69 Å². The van der Waals surface area contributed by atoms with Crippen molar-refractivity contribution in [2.45, 2.75) is 13.0 Å². The Kier molecular flexibility index (Phi) is 5.08. The largest absolute Gasteiger partial charge is 0.443 e. The van der Waals surface area contributed by atoms with Crippen LogP contribution in [0.25, 0.3) is 5.65 Å². The maximum Gasteiger partial charge on any atom is 0.359 e. The summed E-state index contributed by atoms with van der Waals surface area (Å²) in [5.41, 5.74) is 2.41. The molecule has 0 radical (unpaired) electrons. The number of fused-ring (bicyclic) bond motifs is 1. The lowest BCUT2D eigenvalue weighted by molar-refractivity contribution is -0.145. The second kappa shape index (κ2) is 7.82. The van der Waals surface area contributed by atoms with E-state index in [0.717, 1.165) is 5.69 Å². The summed E-state index contributed by atoms with van der Waals surface area (Å²) in [5, 5.41) is 0. The number of hydrogen-bond donors (Lipinski definition) is 0. The van der Waals surface area contributed by atoms with E-state index in [-0.39, 0.29) is 11.6 Å². The normalized spacial score (nSPS) is 15.4. The van der Waals surface area contributed by atoms with Crippen molar-refractivity contribution in [2.24, 2.45) is 0 Å². The zero-order valence-electron chi connectivity index (χ0n) is 15.6. The van der Waals surface area contributed by atoms with Crippen molar-refractivity contribution in [3.8, 4) is 0 Å². The van der Waals surface area contributed by atoms with Crippen LogP contribution in [-0.2, 0) is 14.3 Å². The number of benzene rings is 1. The molecule has 28 heavy (non-hydrogen) atoms. The van der Waals surface area contributed by atoms with Gasteiger partial charge >= 0.3 is 5.97 Å². The quantitative estimate of drug-likeness (QED) is 0.651. The summed E-state index contributed by atoms with van der Waals surface area (Å²) in [7, 11) is 0. The lowest BCUT2D eigenvalue weighted by Crippen LogP contribution is -2.44. The van der Waals surface area contributed by atoms with Crippen LogP contribution in [0, 0.1) is 6.92 Å². The van der Waals surface area contributed by atoms with E-state index in [9.17, 15) is 9.59 Å². The molecule has 3 aromatic rings. The SMILES string of the molecule is Cc1cccc2nc(C(=O)O[C@H](C(=O)N3CCOCC3)c3ccccc3)cn12. The number of hydrogen-bond acceptors (Lipinski definition) is 5. The van der Waals surface area contributed by atoms with Gasteiger partial charge in [0.25, 0.3) is 5.91 Å². The molecule has 1 fully saturated rings. The molecule has 0 spiro atoms. The number of ether oxygens (including phenoxy) is 2. The van der Waals surface area contributed by atoms with Crippen LogP contribution < -0.4 is 0 Å². The lowest BCUT2D eigenvalue weighted by atomic mass is 10.1. The number of imidazole rings is 1. The van der Waals surface area contributed by atoms with E-state index in [1.807, 2.05) is 47.7 Å². The number of carbonyl (C=O) groups is 2. The van der Waals surface area contributed by atoms with Crippen molar-refractivity contribution < 1.29 is 19.1 Å². The first kappa shape index (κ1) is 18.2. The summed E-state index contributed by atoms with van der Waals surface area (Å²) in [6.45, 7) is 3.85. The van der Waals surface area contributed by atoms with Crippen LogP contribution in [0.3, 0.4) is 0 Å². The molecule has 1 aliphatic heterocycles. The smallest absolute Gasteiger partial charge is 0.359 e. The van der Waals surface area contributed by atoms with Gasteiger partial charge in [-0.15, -0.1) is 0 Å².